The molecule has 2 aliphatic rings. The van der Waals surface area contributed by atoms with Gasteiger partial charge in [-0.25, -0.2) is 0 Å². The maximum Gasteiger partial charge on any atom is 0.293 e. The average molecular weight is 448 g/mol. The van der Waals surface area contributed by atoms with E-state index in [1.807, 2.05) is 30.3 Å². The van der Waals surface area contributed by atoms with Crippen LogP contribution >= 0.6 is 0 Å². The van der Waals surface area contributed by atoms with E-state index in [4.69, 9.17) is 0 Å². The van der Waals surface area contributed by atoms with Gasteiger partial charge in [0.2, 0.25) is 0 Å². The fraction of sp³-hybridized carbons (Fsp3) is 0.440. The van der Waals surface area contributed by atoms with E-state index in [0.717, 1.165) is 31.5 Å². The molecule has 172 valence electrons. The Hall–Kier alpha value is -3.44. The van der Waals surface area contributed by atoms with Crippen molar-refractivity contribution in [2.75, 3.05) is 44.2 Å². The number of amides is 1. The molecule has 2 fully saturated rings. The molecule has 2 saturated heterocycles. The van der Waals surface area contributed by atoms with Crippen LogP contribution in [0.4, 0.5) is 11.4 Å². The number of nitrogens with zero attached hydrogens (tertiary/aromatic N) is 5. The molecule has 8 nitrogen and oxygen atoms in total. The van der Waals surface area contributed by atoms with Crippen molar-refractivity contribution in [1.29, 1.82) is 5.26 Å². The Morgan fingerprint density at radius 1 is 1.06 bits per heavy atom. The molecular formula is C25H29N5O3. The third-order valence-electron chi connectivity index (χ3n) is 6.75. The van der Waals surface area contributed by atoms with Crippen molar-refractivity contribution < 1.29 is 9.72 Å². The van der Waals surface area contributed by atoms with E-state index < -0.39 is 0 Å². The summed E-state index contributed by atoms with van der Waals surface area (Å²) < 4.78 is 0. The number of anilines is 1. The van der Waals surface area contributed by atoms with E-state index in [0.29, 0.717) is 43.3 Å². The van der Waals surface area contributed by atoms with Crippen molar-refractivity contribution in [3.63, 3.8) is 0 Å². The Bertz CT molecular complexity index is 1040. The zero-order chi connectivity index (χ0) is 23.4. The molecule has 0 radical (unpaired) electrons. The lowest BCUT2D eigenvalue weighted by Crippen LogP contribution is -2.49. The summed E-state index contributed by atoms with van der Waals surface area (Å²) in [6.07, 6.45) is 2.02. The molecule has 0 spiro atoms. The number of piperidine rings is 1. The number of nitriles is 1. The molecule has 0 aliphatic carbocycles. The number of nitro groups is 1. The molecule has 4 rings (SSSR count). The fourth-order valence-electron chi connectivity index (χ4n) is 4.69. The largest absolute Gasteiger partial charge is 0.366 e. The first kappa shape index (κ1) is 22.7. The van der Waals surface area contributed by atoms with Crippen LogP contribution in [0.2, 0.25) is 0 Å². The molecule has 1 atom stereocenters. The van der Waals surface area contributed by atoms with E-state index in [2.05, 4.69) is 22.8 Å². The first-order chi connectivity index (χ1) is 16.0. The van der Waals surface area contributed by atoms with Gasteiger partial charge >= 0.3 is 0 Å². The molecule has 0 saturated carbocycles. The Kier molecular flexibility index (Phi) is 6.90. The minimum Gasteiger partial charge on any atom is -0.366 e. The smallest absolute Gasteiger partial charge is 0.293 e. The number of carbonyl (C=O) groups excluding carboxylic acids is 1. The number of piperazine rings is 1. The van der Waals surface area contributed by atoms with Crippen molar-refractivity contribution in [1.82, 2.24) is 9.80 Å². The number of nitro benzene ring substituents is 1. The lowest BCUT2D eigenvalue weighted by atomic mass is 9.98. The summed E-state index contributed by atoms with van der Waals surface area (Å²) in [6.45, 7) is 5.88. The van der Waals surface area contributed by atoms with E-state index in [9.17, 15) is 20.2 Å². The van der Waals surface area contributed by atoms with Crippen molar-refractivity contribution in [3.8, 4) is 6.07 Å². The number of hydrogen-bond acceptors (Lipinski definition) is 6. The minimum atomic E-state index is -0.389. The molecule has 2 aromatic rings. The normalized spacial score (nSPS) is 18.5. The number of carbonyl (C=O) groups is 1. The van der Waals surface area contributed by atoms with E-state index in [1.54, 1.807) is 17.0 Å². The van der Waals surface area contributed by atoms with Crippen molar-refractivity contribution >= 4 is 17.3 Å². The Morgan fingerprint density at radius 2 is 1.73 bits per heavy atom. The van der Waals surface area contributed by atoms with Gasteiger partial charge in [-0.2, -0.15) is 5.26 Å². The van der Waals surface area contributed by atoms with Crippen LogP contribution in [0.3, 0.4) is 0 Å². The summed E-state index contributed by atoms with van der Waals surface area (Å²) in [5.41, 5.74) is 1.86. The summed E-state index contributed by atoms with van der Waals surface area (Å²) >= 11 is 0. The second-order valence-corrected chi connectivity index (χ2v) is 8.90. The van der Waals surface area contributed by atoms with Crippen LogP contribution < -0.4 is 4.90 Å². The molecular weight excluding hydrogens is 418 g/mol. The van der Waals surface area contributed by atoms with Gasteiger partial charge in [0.25, 0.3) is 11.6 Å². The molecule has 0 bridgehead atoms. The van der Waals surface area contributed by atoms with Gasteiger partial charge in [-0.1, -0.05) is 37.3 Å². The first-order valence-electron chi connectivity index (χ1n) is 11.5. The van der Waals surface area contributed by atoms with Gasteiger partial charge in [0, 0.05) is 50.9 Å². The minimum absolute atomic E-state index is 0.0114. The predicted molar refractivity (Wildman–Crippen MR) is 126 cm³/mol. The van der Waals surface area contributed by atoms with Crippen LogP contribution in [0.25, 0.3) is 0 Å². The first-order valence-corrected chi connectivity index (χ1v) is 11.5. The van der Waals surface area contributed by atoms with Crippen LogP contribution in [0.15, 0.2) is 48.5 Å². The molecule has 2 aliphatic heterocycles. The molecule has 0 unspecified atom stereocenters. The topological polar surface area (TPSA) is 93.7 Å². The van der Waals surface area contributed by atoms with E-state index in [1.165, 1.54) is 6.07 Å². The zero-order valence-corrected chi connectivity index (χ0v) is 18.9. The summed E-state index contributed by atoms with van der Waals surface area (Å²) in [7, 11) is 0. The quantitative estimate of drug-likeness (QED) is 0.510. The van der Waals surface area contributed by atoms with Crippen LogP contribution in [0.5, 0.6) is 0 Å². The standard InChI is InChI=1S/C25H29N5O3/c1-19-9-11-27(12-10-19)22-8-7-21(17-23(22)30(32)33)25(31)29-15-13-28(14-16-29)24(18-26)20-5-3-2-4-6-20/h2-8,17,19,24H,9-16H2,1H3/t24-/m0/s1. The third-order valence-corrected chi connectivity index (χ3v) is 6.75. The highest BCUT2D eigenvalue weighted by atomic mass is 16.6. The van der Waals surface area contributed by atoms with Gasteiger partial charge in [0.05, 0.1) is 11.0 Å². The van der Waals surface area contributed by atoms with E-state index >= 15 is 0 Å². The maximum atomic E-state index is 13.1. The molecule has 2 aromatic carbocycles. The van der Waals surface area contributed by atoms with Gasteiger partial charge in [-0.15, -0.1) is 0 Å². The van der Waals surface area contributed by atoms with Gasteiger partial charge in [-0.05, 0) is 36.5 Å². The summed E-state index contributed by atoms with van der Waals surface area (Å²) in [4.78, 5) is 30.4. The highest BCUT2D eigenvalue weighted by Gasteiger charge is 2.29. The summed E-state index contributed by atoms with van der Waals surface area (Å²) in [5, 5.41) is 21.5. The van der Waals surface area contributed by atoms with Crippen molar-refractivity contribution in [2.45, 2.75) is 25.8 Å². The van der Waals surface area contributed by atoms with Crippen LogP contribution in [-0.2, 0) is 0 Å². The summed E-state index contributed by atoms with van der Waals surface area (Å²) in [6, 6.07) is 16.5. The Morgan fingerprint density at radius 3 is 2.33 bits per heavy atom. The van der Waals surface area contributed by atoms with Crippen LogP contribution in [0.1, 0.15) is 41.7 Å². The molecule has 0 N–H and O–H groups in total. The monoisotopic (exact) mass is 447 g/mol. The SMILES string of the molecule is CC1CCN(c2ccc(C(=O)N3CCN([C@@H](C#N)c4ccccc4)CC3)cc2[N+](=O)[O-])CC1. The number of hydrogen-bond donors (Lipinski definition) is 0. The second kappa shape index (κ2) is 10.0. The molecule has 33 heavy (non-hydrogen) atoms. The molecule has 2 heterocycles. The lowest BCUT2D eigenvalue weighted by Gasteiger charge is -2.37. The Labute approximate surface area is 194 Å². The maximum absolute atomic E-state index is 13.1. The van der Waals surface area contributed by atoms with Crippen LogP contribution in [0, 0.1) is 27.4 Å². The van der Waals surface area contributed by atoms with E-state index in [-0.39, 0.29) is 22.6 Å². The third kappa shape index (κ3) is 4.99. The lowest BCUT2D eigenvalue weighted by molar-refractivity contribution is -0.384. The van der Waals surface area contributed by atoms with Gasteiger partial charge in [0.1, 0.15) is 11.7 Å². The van der Waals surface area contributed by atoms with Gasteiger partial charge in [0.15, 0.2) is 0 Å². The second-order valence-electron chi connectivity index (χ2n) is 8.90. The predicted octanol–water partition coefficient (Wildman–Crippen LogP) is 3.85. The number of benzene rings is 2. The average Bonchev–Trinajstić information content (AvgIpc) is 2.85. The number of rotatable bonds is 5. The van der Waals surface area contributed by atoms with Crippen molar-refractivity contribution in [2.24, 2.45) is 5.92 Å². The highest BCUT2D eigenvalue weighted by molar-refractivity contribution is 5.96. The zero-order valence-electron chi connectivity index (χ0n) is 18.9. The molecule has 1 amide bonds. The fourth-order valence-corrected chi connectivity index (χ4v) is 4.69. The summed E-state index contributed by atoms with van der Waals surface area (Å²) in [5.74, 6) is 0.423. The highest BCUT2D eigenvalue weighted by Crippen LogP contribution is 2.33. The van der Waals surface area contributed by atoms with Crippen molar-refractivity contribution in [3.05, 3.63) is 69.8 Å². The molecule has 0 aromatic heterocycles. The Balaban J connectivity index is 1.45. The van der Waals surface area contributed by atoms with Gasteiger partial charge in [-0.3, -0.25) is 19.8 Å². The van der Waals surface area contributed by atoms with Gasteiger partial charge < -0.3 is 9.80 Å². The van der Waals surface area contributed by atoms with Crippen LogP contribution in [-0.4, -0.2) is 59.9 Å². The molecule has 8 heteroatoms.